The van der Waals surface area contributed by atoms with Crippen LogP contribution in [0.1, 0.15) is 49.3 Å². The van der Waals surface area contributed by atoms with E-state index in [1.807, 2.05) is 30.3 Å². The molecule has 33 heavy (non-hydrogen) atoms. The van der Waals surface area contributed by atoms with Crippen molar-refractivity contribution in [3.63, 3.8) is 0 Å². The molecule has 2 heterocycles. The lowest BCUT2D eigenvalue weighted by atomic mass is 9.83. The third kappa shape index (κ3) is 4.65. The van der Waals surface area contributed by atoms with Gasteiger partial charge in [-0.1, -0.05) is 6.07 Å². The summed E-state index contributed by atoms with van der Waals surface area (Å²) in [5.41, 5.74) is 1.98. The Morgan fingerprint density at radius 3 is 2.64 bits per heavy atom. The molecule has 0 unspecified atom stereocenters. The van der Waals surface area contributed by atoms with Crippen LogP contribution in [0.15, 0.2) is 46.9 Å². The van der Waals surface area contributed by atoms with E-state index in [1.54, 1.807) is 14.2 Å². The van der Waals surface area contributed by atoms with Crippen molar-refractivity contribution in [2.45, 2.75) is 50.5 Å². The highest BCUT2D eigenvalue weighted by Crippen LogP contribution is 2.37. The Kier molecular flexibility index (Phi) is 6.16. The van der Waals surface area contributed by atoms with Crippen LogP contribution in [0.4, 0.5) is 0 Å². The Balaban J connectivity index is 1.32. The predicted molar refractivity (Wildman–Crippen MR) is 126 cm³/mol. The molecule has 6 nitrogen and oxygen atoms in total. The van der Waals surface area contributed by atoms with Crippen LogP contribution in [0, 0.1) is 5.92 Å². The lowest BCUT2D eigenvalue weighted by Crippen LogP contribution is -2.41. The van der Waals surface area contributed by atoms with Crippen molar-refractivity contribution < 1.29 is 23.4 Å². The van der Waals surface area contributed by atoms with Crippen molar-refractivity contribution in [3.8, 4) is 17.2 Å². The van der Waals surface area contributed by atoms with Gasteiger partial charge >= 0.3 is 0 Å². The third-order valence-corrected chi connectivity index (χ3v) is 6.94. The van der Waals surface area contributed by atoms with Crippen molar-refractivity contribution in [2.24, 2.45) is 5.92 Å². The molecule has 0 radical (unpaired) electrons. The maximum Gasteiger partial charge on any atom is 0.223 e. The fraction of sp³-hybridized carbons (Fsp3) is 0.444. The van der Waals surface area contributed by atoms with Crippen LogP contribution in [0.25, 0.3) is 11.0 Å². The van der Waals surface area contributed by atoms with Gasteiger partial charge in [0.2, 0.25) is 5.91 Å². The van der Waals surface area contributed by atoms with E-state index < -0.39 is 0 Å². The number of methoxy groups -OCH3 is 2. The Morgan fingerprint density at radius 2 is 1.85 bits per heavy atom. The summed E-state index contributed by atoms with van der Waals surface area (Å²) in [6, 6.07) is 13.9. The number of amides is 1. The fourth-order valence-electron chi connectivity index (χ4n) is 5.10. The number of piperidine rings is 1. The maximum absolute atomic E-state index is 12.7. The zero-order chi connectivity index (χ0) is 22.8. The topological polar surface area (TPSA) is 69.9 Å². The average Bonchev–Trinajstić information content (AvgIpc) is 3.49. The van der Waals surface area contributed by atoms with Crippen molar-refractivity contribution in [1.82, 2.24) is 5.32 Å². The molecule has 3 aromatic rings. The van der Waals surface area contributed by atoms with Crippen LogP contribution in [0.5, 0.6) is 17.2 Å². The highest BCUT2D eigenvalue weighted by atomic mass is 16.5. The number of benzene rings is 2. The van der Waals surface area contributed by atoms with Gasteiger partial charge in [-0.25, -0.2) is 0 Å². The van der Waals surface area contributed by atoms with E-state index in [-0.39, 0.29) is 23.8 Å². The van der Waals surface area contributed by atoms with E-state index in [0.717, 1.165) is 53.2 Å². The molecule has 1 aliphatic carbocycles. The standard InChI is InChI=1S/C27H31NO5/c1-30-22-8-10-24-18(12-22)13-23(33-24)14-19-11-20(16-28-27(19)29)17-7-9-25(31-2)26(15-17)32-21-5-3-4-6-21/h7-10,12-13,15,19-21H,3-6,11,14,16H2,1-2H3,(H,28,29)/t19-,20+/m0/s1. The largest absolute Gasteiger partial charge is 0.497 e. The molecule has 1 N–H and O–H groups in total. The number of carbonyl (C=O) groups is 1. The maximum atomic E-state index is 12.7. The number of ether oxygens (including phenoxy) is 3. The van der Waals surface area contributed by atoms with Crippen molar-refractivity contribution in [1.29, 1.82) is 0 Å². The van der Waals surface area contributed by atoms with Crippen molar-refractivity contribution >= 4 is 16.9 Å². The predicted octanol–water partition coefficient (Wildman–Crippen LogP) is 5.23. The van der Waals surface area contributed by atoms with Crippen LogP contribution in [0.2, 0.25) is 0 Å². The highest BCUT2D eigenvalue weighted by molar-refractivity contribution is 5.81. The van der Waals surface area contributed by atoms with Crippen molar-refractivity contribution in [2.75, 3.05) is 20.8 Å². The molecule has 2 aromatic carbocycles. The van der Waals surface area contributed by atoms with Crippen LogP contribution in [0.3, 0.4) is 0 Å². The molecule has 6 heteroatoms. The minimum absolute atomic E-state index is 0.0835. The third-order valence-electron chi connectivity index (χ3n) is 6.94. The molecule has 2 fully saturated rings. The summed E-state index contributed by atoms with van der Waals surface area (Å²) in [4.78, 5) is 12.7. The summed E-state index contributed by atoms with van der Waals surface area (Å²) in [6.45, 7) is 0.627. The molecule has 174 valence electrons. The van der Waals surface area contributed by atoms with Gasteiger partial charge in [-0.3, -0.25) is 4.79 Å². The lowest BCUT2D eigenvalue weighted by molar-refractivity contribution is -0.127. The van der Waals surface area contributed by atoms with Gasteiger partial charge in [0.25, 0.3) is 0 Å². The van der Waals surface area contributed by atoms with Gasteiger partial charge in [-0.15, -0.1) is 0 Å². The Labute approximate surface area is 194 Å². The highest BCUT2D eigenvalue weighted by Gasteiger charge is 2.31. The minimum atomic E-state index is -0.146. The molecule has 1 saturated heterocycles. The first-order valence-corrected chi connectivity index (χ1v) is 11.8. The lowest BCUT2D eigenvalue weighted by Gasteiger charge is -2.29. The summed E-state index contributed by atoms with van der Waals surface area (Å²) < 4.78 is 23.1. The van der Waals surface area contributed by atoms with Gasteiger partial charge in [0.1, 0.15) is 17.1 Å². The second-order valence-corrected chi connectivity index (χ2v) is 9.13. The molecule has 1 amide bonds. The summed E-state index contributed by atoms with van der Waals surface area (Å²) in [5, 5.41) is 4.09. The number of fused-ring (bicyclic) bond motifs is 1. The van der Waals surface area contributed by atoms with E-state index in [0.29, 0.717) is 13.0 Å². The van der Waals surface area contributed by atoms with Crippen LogP contribution < -0.4 is 19.5 Å². The SMILES string of the molecule is COc1ccc2oc(C[C@@H]3C[C@@H](c4ccc(OC)c(OC5CCCC5)c4)CNC3=O)cc2c1. The number of carbonyl (C=O) groups excluding carboxylic acids is 1. The normalized spacial score (nSPS) is 21.2. The summed E-state index contributed by atoms with van der Waals surface area (Å²) in [5.74, 6) is 3.34. The number of furan rings is 1. The second-order valence-electron chi connectivity index (χ2n) is 9.13. The van der Waals surface area contributed by atoms with Gasteiger partial charge in [-0.05, 0) is 74.1 Å². The van der Waals surface area contributed by atoms with E-state index in [2.05, 4.69) is 17.4 Å². The number of hydrogen-bond donors (Lipinski definition) is 1. The first-order valence-electron chi connectivity index (χ1n) is 11.8. The monoisotopic (exact) mass is 449 g/mol. The van der Waals surface area contributed by atoms with Gasteiger partial charge in [0.15, 0.2) is 11.5 Å². The van der Waals surface area contributed by atoms with Crippen LogP contribution in [-0.2, 0) is 11.2 Å². The molecule has 1 aromatic heterocycles. The smallest absolute Gasteiger partial charge is 0.223 e. The minimum Gasteiger partial charge on any atom is -0.497 e. The summed E-state index contributed by atoms with van der Waals surface area (Å²) in [6.07, 6.45) is 6.23. The van der Waals surface area contributed by atoms with E-state index in [4.69, 9.17) is 18.6 Å². The molecule has 0 bridgehead atoms. The average molecular weight is 450 g/mol. The van der Waals surface area contributed by atoms with E-state index >= 15 is 0 Å². The van der Waals surface area contributed by atoms with Gasteiger partial charge < -0.3 is 23.9 Å². The fourth-order valence-corrected chi connectivity index (χ4v) is 5.10. The Bertz CT molecular complexity index is 1130. The molecule has 5 rings (SSSR count). The van der Waals surface area contributed by atoms with Crippen LogP contribution in [-0.4, -0.2) is 32.8 Å². The van der Waals surface area contributed by atoms with Gasteiger partial charge in [-0.2, -0.15) is 0 Å². The number of hydrogen-bond acceptors (Lipinski definition) is 5. The van der Waals surface area contributed by atoms with Crippen LogP contribution >= 0.6 is 0 Å². The van der Waals surface area contributed by atoms with Gasteiger partial charge in [0.05, 0.1) is 20.3 Å². The molecule has 1 aliphatic heterocycles. The molecule has 0 spiro atoms. The van der Waals surface area contributed by atoms with Gasteiger partial charge in [0, 0.05) is 30.2 Å². The molecule has 1 saturated carbocycles. The Hall–Kier alpha value is -3.15. The number of nitrogens with one attached hydrogen (secondary N) is 1. The first-order chi connectivity index (χ1) is 16.1. The van der Waals surface area contributed by atoms with E-state index in [1.165, 1.54) is 18.4 Å². The zero-order valence-electron chi connectivity index (χ0n) is 19.3. The summed E-state index contributed by atoms with van der Waals surface area (Å²) >= 11 is 0. The molecular formula is C27H31NO5. The molecular weight excluding hydrogens is 418 g/mol. The van der Waals surface area contributed by atoms with E-state index in [9.17, 15) is 4.79 Å². The quantitative estimate of drug-likeness (QED) is 0.535. The molecule has 2 atom stereocenters. The number of rotatable bonds is 7. The van der Waals surface area contributed by atoms with Crippen molar-refractivity contribution in [3.05, 3.63) is 53.8 Å². The second kappa shape index (κ2) is 9.38. The summed E-state index contributed by atoms with van der Waals surface area (Å²) in [7, 11) is 3.33. The molecule has 2 aliphatic rings. The first kappa shape index (κ1) is 21.7. The zero-order valence-corrected chi connectivity index (χ0v) is 19.3. The Morgan fingerprint density at radius 1 is 1.00 bits per heavy atom.